The third kappa shape index (κ3) is 7.11. The van der Waals surface area contributed by atoms with E-state index in [1.807, 2.05) is 32.9 Å². The molecule has 0 aliphatic heterocycles. The minimum Gasteiger partial charge on any atom is -0.456 e. The van der Waals surface area contributed by atoms with Crippen molar-refractivity contribution in [3.8, 4) is 0 Å². The van der Waals surface area contributed by atoms with E-state index in [9.17, 15) is 14.9 Å². The number of esters is 1. The topological polar surface area (TPSA) is 90.7 Å². The zero-order valence-corrected chi connectivity index (χ0v) is 19.2. The van der Waals surface area contributed by atoms with Gasteiger partial charge in [0, 0.05) is 16.6 Å². The van der Waals surface area contributed by atoms with Crippen LogP contribution in [0.3, 0.4) is 0 Å². The van der Waals surface area contributed by atoms with Crippen molar-refractivity contribution in [3.63, 3.8) is 0 Å². The summed E-state index contributed by atoms with van der Waals surface area (Å²) in [5.74, 6) is -0.339. The van der Waals surface area contributed by atoms with Gasteiger partial charge < -0.3 is 14.8 Å². The number of carbonyl (C=O) groups is 1. The fourth-order valence-electron chi connectivity index (χ4n) is 2.75. The Kier molecular flexibility index (Phi) is 8.37. The lowest BCUT2D eigenvalue weighted by Crippen LogP contribution is -2.23. The number of rotatable bonds is 9. The number of hydrogen-bond acceptors (Lipinski definition) is 6. The lowest BCUT2D eigenvalue weighted by molar-refractivity contribution is -0.384. The number of hydrogen-bond donors (Lipinski definition) is 1. The number of nitro groups is 1. The standard InChI is InChI=1S/C22H27BrN2O5/c1-15-18(23)9-10-19(20(15)25(27)28)24-12-14-29-13-11-16-5-7-17(8-6-16)21(26)30-22(2,3)4/h5-10,24H,11-14H2,1-4H3. The van der Waals surface area contributed by atoms with Crippen molar-refractivity contribution in [3.05, 3.63) is 67.7 Å². The Morgan fingerprint density at radius 2 is 1.80 bits per heavy atom. The summed E-state index contributed by atoms with van der Waals surface area (Å²) < 4.78 is 11.7. The monoisotopic (exact) mass is 478 g/mol. The van der Waals surface area contributed by atoms with E-state index < -0.39 is 5.60 Å². The van der Waals surface area contributed by atoms with Crippen molar-refractivity contribution in [2.24, 2.45) is 0 Å². The molecule has 8 heteroatoms. The quantitative estimate of drug-likeness (QED) is 0.227. The van der Waals surface area contributed by atoms with Gasteiger partial charge in [-0.2, -0.15) is 0 Å². The minimum absolute atomic E-state index is 0.0643. The summed E-state index contributed by atoms with van der Waals surface area (Å²) in [6.45, 7) is 8.60. The average Bonchev–Trinajstić information content (AvgIpc) is 2.66. The summed E-state index contributed by atoms with van der Waals surface area (Å²) in [5, 5.41) is 14.4. The molecule has 0 saturated heterocycles. The van der Waals surface area contributed by atoms with E-state index in [1.165, 1.54) is 0 Å². The molecule has 0 aromatic heterocycles. The maximum Gasteiger partial charge on any atom is 0.338 e. The van der Waals surface area contributed by atoms with Gasteiger partial charge >= 0.3 is 5.97 Å². The second kappa shape index (κ2) is 10.5. The Hall–Kier alpha value is -2.45. The first-order valence-corrected chi connectivity index (χ1v) is 10.4. The van der Waals surface area contributed by atoms with Crippen LogP contribution in [0, 0.1) is 17.0 Å². The van der Waals surface area contributed by atoms with E-state index in [0.29, 0.717) is 47.5 Å². The minimum atomic E-state index is -0.521. The van der Waals surface area contributed by atoms with Crippen LogP contribution in [-0.2, 0) is 15.9 Å². The molecule has 2 rings (SSSR count). The van der Waals surface area contributed by atoms with Crippen LogP contribution < -0.4 is 5.32 Å². The summed E-state index contributed by atoms with van der Waals surface area (Å²) >= 11 is 3.32. The van der Waals surface area contributed by atoms with Crippen LogP contribution in [0.5, 0.6) is 0 Å². The van der Waals surface area contributed by atoms with Crippen LogP contribution in [0.2, 0.25) is 0 Å². The number of nitrogens with one attached hydrogen (secondary N) is 1. The first-order chi connectivity index (χ1) is 14.1. The van der Waals surface area contributed by atoms with Crippen molar-refractivity contribution in [1.82, 2.24) is 0 Å². The van der Waals surface area contributed by atoms with Crippen LogP contribution in [0.15, 0.2) is 40.9 Å². The normalized spacial score (nSPS) is 11.2. The fourth-order valence-corrected chi connectivity index (χ4v) is 3.07. The van der Waals surface area contributed by atoms with E-state index in [4.69, 9.17) is 9.47 Å². The molecule has 0 bridgehead atoms. The predicted octanol–water partition coefficient (Wildman–Crippen LogP) is 5.29. The van der Waals surface area contributed by atoms with Gasteiger partial charge in [-0.25, -0.2) is 4.79 Å². The van der Waals surface area contributed by atoms with Gasteiger partial charge in [-0.3, -0.25) is 10.1 Å². The molecule has 162 valence electrons. The average molecular weight is 479 g/mol. The molecule has 0 amide bonds. The summed E-state index contributed by atoms with van der Waals surface area (Å²) in [6, 6.07) is 10.7. The third-order valence-electron chi connectivity index (χ3n) is 4.23. The van der Waals surface area contributed by atoms with Crippen molar-refractivity contribution in [2.75, 3.05) is 25.1 Å². The van der Waals surface area contributed by atoms with Gasteiger partial charge in [0.1, 0.15) is 11.3 Å². The maximum atomic E-state index is 12.0. The largest absolute Gasteiger partial charge is 0.456 e. The van der Waals surface area contributed by atoms with Crippen LogP contribution in [-0.4, -0.2) is 36.3 Å². The molecule has 30 heavy (non-hydrogen) atoms. The van der Waals surface area contributed by atoms with Crippen molar-refractivity contribution in [2.45, 2.75) is 39.7 Å². The molecule has 0 radical (unpaired) electrons. The number of ether oxygens (including phenoxy) is 2. The summed E-state index contributed by atoms with van der Waals surface area (Å²) in [7, 11) is 0. The summed E-state index contributed by atoms with van der Waals surface area (Å²) in [5.41, 5.74) is 2.17. The van der Waals surface area contributed by atoms with Gasteiger partial charge in [0.25, 0.3) is 5.69 Å². The molecule has 0 aliphatic carbocycles. The number of carbonyl (C=O) groups excluding carboxylic acids is 1. The second-order valence-electron chi connectivity index (χ2n) is 7.81. The number of anilines is 1. The predicted molar refractivity (Wildman–Crippen MR) is 120 cm³/mol. The molecule has 0 atom stereocenters. The number of nitrogens with zero attached hydrogens (tertiary/aromatic N) is 1. The first-order valence-electron chi connectivity index (χ1n) is 9.66. The van der Waals surface area contributed by atoms with Crippen LogP contribution >= 0.6 is 15.9 Å². The zero-order chi connectivity index (χ0) is 22.3. The lowest BCUT2D eigenvalue weighted by atomic mass is 10.1. The van der Waals surface area contributed by atoms with Crippen molar-refractivity contribution >= 4 is 33.3 Å². The first kappa shape index (κ1) is 23.8. The Morgan fingerprint density at radius 3 is 2.40 bits per heavy atom. The molecule has 0 spiro atoms. The third-order valence-corrected chi connectivity index (χ3v) is 5.09. The number of nitro benzene ring substituents is 1. The molecule has 7 nitrogen and oxygen atoms in total. The van der Waals surface area contributed by atoms with Crippen LogP contribution in [0.1, 0.15) is 42.3 Å². The van der Waals surface area contributed by atoms with E-state index in [-0.39, 0.29) is 16.6 Å². The number of halogens is 1. The Bertz CT molecular complexity index is 892. The lowest BCUT2D eigenvalue weighted by Gasteiger charge is -2.19. The van der Waals surface area contributed by atoms with Gasteiger partial charge in [-0.05, 0) is 63.9 Å². The van der Waals surface area contributed by atoms with E-state index in [1.54, 1.807) is 31.2 Å². The SMILES string of the molecule is Cc1c(Br)ccc(NCCOCCc2ccc(C(=O)OC(C)(C)C)cc2)c1[N+](=O)[O-]. The highest BCUT2D eigenvalue weighted by atomic mass is 79.9. The van der Waals surface area contributed by atoms with E-state index in [0.717, 1.165) is 5.56 Å². The van der Waals surface area contributed by atoms with Crippen LogP contribution in [0.25, 0.3) is 0 Å². The summed E-state index contributed by atoms with van der Waals surface area (Å²) in [4.78, 5) is 22.9. The smallest absolute Gasteiger partial charge is 0.338 e. The molecule has 2 aromatic rings. The highest BCUT2D eigenvalue weighted by Gasteiger charge is 2.19. The van der Waals surface area contributed by atoms with Gasteiger partial charge in [-0.15, -0.1) is 0 Å². The molecule has 0 fully saturated rings. The highest BCUT2D eigenvalue weighted by Crippen LogP contribution is 2.33. The number of benzene rings is 2. The van der Waals surface area contributed by atoms with Gasteiger partial charge in [-0.1, -0.05) is 28.1 Å². The molecular weight excluding hydrogens is 452 g/mol. The van der Waals surface area contributed by atoms with E-state index in [2.05, 4.69) is 21.2 Å². The zero-order valence-electron chi connectivity index (χ0n) is 17.7. The van der Waals surface area contributed by atoms with Gasteiger partial charge in [0.2, 0.25) is 0 Å². The molecular formula is C22H27BrN2O5. The van der Waals surface area contributed by atoms with Crippen molar-refractivity contribution < 1.29 is 19.2 Å². The Morgan fingerprint density at radius 1 is 1.13 bits per heavy atom. The fraction of sp³-hybridized carbons (Fsp3) is 0.409. The molecule has 0 unspecified atom stereocenters. The Labute approximate surface area is 185 Å². The molecule has 2 aromatic carbocycles. The molecule has 0 heterocycles. The van der Waals surface area contributed by atoms with Crippen LogP contribution in [0.4, 0.5) is 11.4 Å². The maximum absolute atomic E-state index is 12.0. The van der Waals surface area contributed by atoms with Gasteiger partial charge in [0.15, 0.2) is 0 Å². The Balaban J connectivity index is 1.76. The molecule has 1 N–H and O–H groups in total. The molecule has 0 aliphatic rings. The second-order valence-corrected chi connectivity index (χ2v) is 8.67. The van der Waals surface area contributed by atoms with Crippen molar-refractivity contribution in [1.29, 1.82) is 0 Å². The summed E-state index contributed by atoms with van der Waals surface area (Å²) in [6.07, 6.45) is 0.701. The highest BCUT2D eigenvalue weighted by molar-refractivity contribution is 9.10. The van der Waals surface area contributed by atoms with E-state index >= 15 is 0 Å². The molecule has 0 saturated carbocycles. The van der Waals surface area contributed by atoms with Gasteiger partial charge in [0.05, 0.1) is 23.7 Å².